The molecular formula is C9H16N6O3. The zero-order valence-electron chi connectivity index (χ0n) is 9.56. The highest BCUT2D eigenvalue weighted by Crippen LogP contribution is 2.28. The maximum atomic E-state index is 9.80. The van der Waals surface area contributed by atoms with Gasteiger partial charge in [-0.25, -0.2) is 0 Å². The minimum absolute atomic E-state index is 0.0308. The van der Waals surface area contributed by atoms with Gasteiger partial charge in [0.25, 0.3) is 0 Å². The summed E-state index contributed by atoms with van der Waals surface area (Å²) in [6.45, 7) is -0.197. The Balaban J connectivity index is 2.10. The van der Waals surface area contributed by atoms with E-state index in [0.717, 1.165) is 0 Å². The molecule has 0 bridgehead atoms. The summed E-state index contributed by atoms with van der Waals surface area (Å²) in [6.07, 6.45) is -1.60. The molecule has 0 amide bonds. The average Bonchev–Trinajstić information content (AvgIpc) is 2.55. The molecule has 1 aromatic heterocycles. The number of rotatable bonds is 3. The molecule has 1 aliphatic carbocycles. The summed E-state index contributed by atoms with van der Waals surface area (Å²) in [5, 5.41) is 31.3. The van der Waals surface area contributed by atoms with Crippen molar-refractivity contribution in [3.8, 4) is 0 Å². The van der Waals surface area contributed by atoms with E-state index in [-0.39, 0.29) is 30.4 Å². The number of aliphatic hydroxyl groups excluding tert-OH is 3. The number of hydrogen-bond donors (Lipinski definition) is 6. The van der Waals surface area contributed by atoms with Gasteiger partial charge in [0, 0.05) is 12.5 Å². The molecular weight excluding hydrogens is 240 g/mol. The maximum Gasteiger partial charge on any atom is 0.229 e. The van der Waals surface area contributed by atoms with Gasteiger partial charge in [0.2, 0.25) is 17.8 Å². The number of nitrogens with two attached hydrogens (primary N) is 2. The van der Waals surface area contributed by atoms with Crippen LogP contribution in [0.5, 0.6) is 0 Å². The first-order chi connectivity index (χ1) is 8.51. The van der Waals surface area contributed by atoms with Crippen LogP contribution in [0.15, 0.2) is 0 Å². The number of nitrogens with zero attached hydrogens (tertiary/aromatic N) is 3. The molecule has 9 nitrogen and oxygen atoms in total. The summed E-state index contributed by atoms with van der Waals surface area (Å²) < 4.78 is 0. The fourth-order valence-electron chi connectivity index (χ4n) is 2.09. The second-order valence-electron chi connectivity index (χ2n) is 4.29. The molecule has 0 aliphatic heterocycles. The zero-order valence-corrected chi connectivity index (χ0v) is 9.56. The Kier molecular flexibility index (Phi) is 3.45. The lowest BCUT2D eigenvalue weighted by Crippen LogP contribution is -2.36. The molecule has 1 saturated carbocycles. The number of hydrogen-bond acceptors (Lipinski definition) is 9. The molecule has 0 saturated heterocycles. The summed E-state index contributed by atoms with van der Waals surface area (Å²) >= 11 is 0. The second-order valence-corrected chi connectivity index (χ2v) is 4.29. The third-order valence-electron chi connectivity index (χ3n) is 3.02. The van der Waals surface area contributed by atoms with E-state index in [9.17, 15) is 10.2 Å². The summed E-state index contributed by atoms with van der Waals surface area (Å²) in [7, 11) is 0. The quantitative estimate of drug-likeness (QED) is 0.344. The van der Waals surface area contributed by atoms with Crippen LogP contribution in [0.25, 0.3) is 0 Å². The highest BCUT2D eigenvalue weighted by Gasteiger charge is 2.41. The monoisotopic (exact) mass is 256 g/mol. The third-order valence-corrected chi connectivity index (χ3v) is 3.02. The van der Waals surface area contributed by atoms with Crippen LogP contribution >= 0.6 is 0 Å². The predicted molar refractivity (Wildman–Crippen MR) is 63.3 cm³/mol. The van der Waals surface area contributed by atoms with Crippen LogP contribution in [-0.4, -0.2) is 55.1 Å². The van der Waals surface area contributed by atoms with Crippen LogP contribution in [0, 0.1) is 5.92 Å². The fourth-order valence-corrected chi connectivity index (χ4v) is 2.09. The van der Waals surface area contributed by atoms with Crippen LogP contribution in [0.4, 0.5) is 17.8 Å². The smallest absolute Gasteiger partial charge is 0.229 e. The number of nitrogens with one attached hydrogen (secondary N) is 1. The van der Waals surface area contributed by atoms with Gasteiger partial charge in [-0.15, -0.1) is 0 Å². The minimum atomic E-state index is -1.01. The van der Waals surface area contributed by atoms with Crippen LogP contribution in [0.2, 0.25) is 0 Å². The van der Waals surface area contributed by atoms with Gasteiger partial charge >= 0.3 is 0 Å². The Bertz CT molecular complexity index is 411. The highest BCUT2D eigenvalue weighted by molar-refractivity contribution is 5.38. The molecule has 8 N–H and O–H groups in total. The Morgan fingerprint density at radius 3 is 2.22 bits per heavy atom. The second kappa shape index (κ2) is 4.88. The van der Waals surface area contributed by atoms with Crippen LogP contribution in [-0.2, 0) is 0 Å². The van der Waals surface area contributed by atoms with Gasteiger partial charge in [0.15, 0.2) is 0 Å². The lowest BCUT2D eigenvalue weighted by atomic mass is 10.1. The topological polar surface area (TPSA) is 163 Å². The van der Waals surface area contributed by atoms with E-state index >= 15 is 0 Å². The lowest BCUT2D eigenvalue weighted by molar-refractivity contribution is 0.00443. The van der Waals surface area contributed by atoms with Crippen LogP contribution in [0.1, 0.15) is 6.42 Å². The highest BCUT2D eigenvalue weighted by atomic mass is 16.3. The van der Waals surface area contributed by atoms with Crippen molar-refractivity contribution < 1.29 is 15.3 Å². The molecule has 4 atom stereocenters. The van der Waals surface area contributed by atoms with Crippen molar-refractivity contribution in [1.82, 2.24) is 15.0 Å². The predicted octanol–water partition coefficient (Wildman–Crippen LogP) is -2.45. The van der Waals surface area contributed by atoms with Crippen LogP contribution < -0.4 is 16.8 Å². The Morgan fingerprint density at radius 2 is 1.72 bits per heavy atom. The molecule has 9 heteroatoms. The van der Waals surface area contributed by atoms with Crippen molar-refractivity contribution in [3.63, 3.8) is 0 Å². The van der Waals surface area contributed by atoms with E-state index in [1.165, 1.54) is 0 Å². The Morgan fingerprint density at radius 1 is 1.11 bits per heavy atom. The van der Waals surface area contributed by atoms with E-state index in [2.05, 4.69) is 20.3 Å². The van der Waals surface area contributed by atoms with E-state index in [1.54, 1.807) is 0 Å². The van der Waals surface area contributed by atoms with Crippen molar-refractivity contribution in [2.24, 2.45) is 5.92 Å². The zero-order chi connectivity index (χ0) is 13.3. The van der Waals surface area contributed by atoms with Gasteiger partial charge in [-0.05, 0) is 6.42 Å². The molecule has 2 rings (SSSR count). The summed E-state index contributed by atoms with van der Waals surface area (Å²) in [4.78, 5) is 11.2. The fraction of sp³-hybridized carbons (Fsp3) is 0.667. The first-order valence-corrected chi connectivity index (χ1v) is 5.52. The molecule has 1 heterocycles. The number of nitrogen functional groups attached to an aromatic ring is 2. The van der Waals surface area contributed by atoms with Gasteiger partial charge in [0.1, 0.15) is 6.10 Å². The van der Waals surface area contributed by atoms with Crippen molar-refractivity contribution >= 4 is 17.8 Å². The summed E-state index contributed by atoms with van der Waals surface area (Å²) in [5.41, 5.74) is 10.8. The molecule has 1 aromatic rings. The standard InChI is InChI=1S/C9H16N6O3/c10-7-13-8(11)15-9(14-7)12-4-1-3(2-16)5(17)6(4)18/h3-6,16-18H,1-2H2,(H5,10,11,12,13,14,15)/t3-,4-,5-,6+/m1/s1. The molecule has 1 fully saturated rings. The Hall–Kier alpha value is -1.71. The van der Waals surface area contributed by atoms with Gasteiger partial charge in [-0.2, -0.15) is 15.0 Å². The largest absolute Gasteiger partial charge is 0.396 e. The molecule has 0 aromatic carbocycles. The summed E-state index contributed by atoms with van der Waals surface area (Å²) in [6, 6.07) is -0.474. The number of aromatic nitrogens is 3. The number of anilines is 3. The lowest BCUT2D eigenvalue weighted by Gasteiger charge is -2.17. The molecule has 1 aliphatic rings. The maximum absolute atomic E-state index is 9.80. The van der Waals surface area contributed by atoms with E-state index < -0.39 is 18.2 Å². The van der Waals surface area contributed by atoms with Crippen LogP contribution in [0.3, 0.4) is 0 Å². The van der Waals surface area contributed by atoms with E-state index in [0.29, 0.717) is 6.42 Å². The van der Waals surface area contributed by atoms with Crippen molar-refractivity contribution in [2.75, 3.05) is 23.4 Å². The SMILES string of the molecule is Nc1nc(N)nc(N[C@@H]2C[C@H](CO)[C@@H](O)[C@H]2O)n1. The molecule has 0 unspecified atom stereocenters. The normalized spacial score (nSPS) is 31.5. The van der Waals surface area contributed by atoms with E-state index in [4.69, 9.17) is 16.6 Å². The van der Waals surface area contributed by atoms with Crippen molar-refractivity contribution in [1.29, 1.82) is 0 Å². The molecule has 0 radical (unpaired) electrons. The van der Waals surface area contributed by atoms with Gasteiger partial charge in [-0.1, -0.05) is 0 Å². The Labute approximate surface area is 103 Å². The third kappa shape index (κ3) is 2.42. The van der Waals surface area contributed by atoms with Gasteiger partial charge < -0.3 is 32.1 Å². The number of aliphatic hydroxyl groups is 3. The van der Waals surface area contributed by atoms with Gasteiger partial charge in [-0.3, -0.25) is 0 Å². The molecule has 0 spiro atoms. The summed E-state index contributed by atoms with van der Waals surface area (Å²) in [5.74, 6) is -0.308. The molecule has 18 heavy (non-hydrogen) atoms. The average molecular weight is 256 g/mol. The first-order valence-electron chi connectivity index (χ1n) is 5.52. The molecule has 100 valence electrons. The van der Waals surface area contributed by atoms with E-state index in [1.807, 2.05) is 0 Å². The van der Waals surface area contributed by atoms with Gasteiger partial charge in [0.05, 0.1) is 12.1 Å². The van der Waals surface area contributed by atoms with Crippen molar-refractivity contribution in [3.05, 3.63) is 0 Å². The van der Waals surface area contributed by atoms with Crippen molar-refractivity contribution in [2.45, 2.75) is 24.7 Å². The first kappa shape index (κ1) is 12.7. The minimum Gasteiger partial charge on any atom is -0.396 e.